The zero-order chi connectivity index (χ0) is 27.9. The third kappa shape index (κ3) is 4.65. The van der Waals surface area contributed by atoms with Gasteiger partial charge >= 0.3 is 5.97 Å². The summed E-state index contributed by atoms with van der Waals surface area (Å²) in [6.07, 6.45) is 1.91. The fourth-order valence-corrected chi connectivity index (χ4v) is 6.86. The fourth-order valence-electron chi connectivity index (χ4n) is 6.86. The molecule has 210 valence electrons. The lowest BCUT2D eigenvalue weighted by Crippen LogP contribution is -2.44. The van der Waals surface area contributed by atoms with Crippen LogP contribution >= 0.6 is 0 Å². The summed E-state index contributed by atoms with van der Waals surface area (Å²) in [5.74, 6) is 2.30. The van der Waals surface area contributed by atoms with Crippen molar-refractivity contribution in [3.8, 4) is 17.0 Å². The normalized spacial score (nSPS) is 25.1. The van der Waals surface area contributed by atoms with Gasteiger partial charge in [-0.2, -0.15) is 0 Å². The largest absolute Gasteiger partial charge is 0.488 e. The Morgan fingerprint density at radius 3 is 2.83 bits per heavy atom. The van der Waals surface area contributed by atoms with Crippen molar-refractivity contribution in [2.45, 2.75) is 45.3 Å². The number of nitrogens with one attached hydrogen (secondary N) is 1. The van der Waals surface area contributed by atoms with E-state index >= 15 is 0 Å². The first-order chi connectivity index (χ1) is 19.5. The second-order valence-corrected chi connectivity index (χ2v) is 11.6. The molecule has 0 unspecified atom stereocenters. The number of aromatic nitrogens is 1. The number of nitrogens with zero attached hydrogens (tertiary/aromatic N) is 2. The highest BCUT2D eigenvalue weighted by atomic mass is 16.5. The van der Waals surface area contributed by atoms with Crippen molar-refractivity contribution in [1.82, 2.24) is 10.3 Å². The Morgan fingerprint density at radius 2 is 2.00 bits per heavy atom. The van der Waals surface area contributed by atoms with Crippen molar-refractivity contribution in [3.05, 3.63) is 76.9 Å². The number of carbonyl (C=O) groups excluding carboxylic acids is 1. The van der Waals surface area contributed by atoms with Crippen LogP contribution in [0.15, 0.2) is 54.6 Å². The number of methoxy groups -OCH3 is 2. The number of fused-ring (bicyclic) bond motifs is 2. The second kappa shape index (κ2) is 10.9. The van der Waals surface area contributed by atoms with Crippen LogP contribution in [-0.2, 0) is 27.3 Å². The van der Waals surface area contributed by atoms with Gasteiger partial charge in [0.1, 0.15) is 18.2 Å². The predicted octanol–water partition coefficient (Wildman–Crippen LogP) is 4.90. The highest BCUT2D eigenvalue weighted by Crippen LogP contribution is 2.62. The summed E-state index contributed by atoms with van der Waals surface area (Å²) >= 11 is 0. The van der Waals surface area contributed by atoms with E-state index in [1.54, 1.807) is 7.11 Å². The van der Waals surface area contributed by atoms with Crippen LogP contribution in [0.5, 0.6) is 5.75 Å². The van der Waals surface area contributed by atoms with Gasteiger partial charge in [0.15, 0.2) is 0 Å². The molecule has 1 saturated heterocycles. The van der Waals surface area contributed by atoms with Gasteiger partial charge in [0.25, 0.3) is 0 Å². The van der Waals surface area contributed by atoms with Gasteiger partial charge in [-0.25, -0.2) is 4.98 Å². The van der Waals surface area contributed by atoms with Crippen LogP contribution in [0.1, 0.15) is 41.5 Å². The van der Waals surface area contributed by atoms with E-state index in [-0.39, 0.29) is 17.9 Å². The highest BCUT2D eigenvalue weighted by molar-refractivity contribution is 5.84. The molecule has 3 aromatic rings. The summed E-state index contributed by atoms with van der Waals surface area (Å²) < 4.78 is 17.3. The number of pyridine rings is 1. The fraction of sp³-hybridized carbons (Fsp3) is 0.455. The maximum Gasteiger partial charge on any atom is 0.314 e. The molecule has 2 aromatic carbocycles. The number of rotatable bonds is 8. The van der Waals surface area contributed by atoms with Gasteiger partial charge in [-0.15, -0.1) is 0 Å². The predicted molar refractivity (Wildman–Crippen MR) is 156 cm³/mol. The Morgan fingerprint density at radius 1 is 1.15 bits per heavy atom. The van der Waals surface area contributed by atoms with E-state index in [2.05, 4.69) is 54.4 Å². The summed E-state index contributed by atoms with van der Waals surface area (Å²) in [5, 5.41) is 3.53. The Hall–Kier alpha value is -3.42. The molecule has 1 saturated carbocycles. The zero-order valence-corrected chi connectivity index (χ0v) is 23.9. The third-order valence-corrected chi connectivity index (χ3v) is 9.09. The Bertz CT molecular complexity index is 1410. The van der Waals surface area contributed by atoms with Crippen molar-refractivity contribution < 1.29 is 19.0 Å². The number of hydrogen-bond donors (Lipinski definition) is 1. The summed E-state index contributed by atoms with van der Waals surface area (Å²) in [6.45, 7) is 8.11. The van der Waals surface area contributed by atoms with Gasteiger partial charge in [-0.3, -0.25) is 4.79 Å². The van der Waals surface area contributed by atoms with E-state index in [1.807, 2.05) is 24.3 Å². The molecular weight excluding hydrogens is 502 g/mol. The van der Waals surface area contributed by atoms with Gasteiger partial charge in [0.05, 0.1) is 30.9 Å². The minimum Gasteiger partial charge on any atom is -0.488 e. The van der Waals surface area contributed by atoms with Crippen molar-refractivity contribution >= 4 is 11.8 Å². The number of ether oxygens (including phenoxy) is 3. The lowest BCUT2D eigenvalue weighted by Gasteiger charge is -2.31. The quantitative estimate of drug-likeness (QED) is 0.407. The Kier molecular flexibility index (Phi) is 7.27. The standard InChI is InChI=1S/C33H39N3O4/c1-21-7-5-8-26(31(21)40-19-23-11-12-24-13-14-34-17-22(2)27(24)15-23)28-9-6-10-30(35-28)36-18-25-16-33(25,32(37)39-4)29(36)20-38-3/h5-12,15,22,25,29,34H,13-14,16-20H2,1-4H3/t22-,25-,29+,33+/m0/s1. The Balaban J connectivity index is 1.27. The number of para-hydroxylation sites is 1. The van der Waals surface area contributed by atoms with E-state index in [0.29, 0.717) is 19.1 Å². The van der Waals surface area contributed by atoms with E-state index in [4.69, 9.17) is 19.2 Å². The number of esters is 1. The first kappa shape index (κ1) is 26.8. The Labute approximate surface area is 236 Å². The summed E-state index contributed by atoms with van der Waals surface area (Å²) in [7, 11) is 3.15. The summed E-state index contributed by atoms with van der Waals surface area (Å²) in [4.78, 5) is 20.1. The molecule has 7 nitrogen and oxygen atoms in total. The zero-order valence-electron chi connectivity index (χ0n) is 23.9. The number of anilines is 1. The molecule has 1 aliphatic carbocycles. The lowest BCUT2D eigenvalue weighted by molar-refractivity contribution is -0.148. The lowest BCUT2D eigenvalue weighted by atomic mass is 9.93. The minimum atomic E-state index is -0.499. The molecule has 3 heterocycles. The molecule has 0 spiro atoms. The summed E-state index contributed by atoms with van der Waals surface area (Å²) in [5.41, 5.74) is 6.41. The average molecular weight is 542 g/mol. The van der Waals surface area contributed by atoms with Crippen LogP contribution in [0.25, 0.3) is 11.3 Å². The monoisotopic (exact) mass is 541 g/mol. The van der Waals surface area contributed by atoms with Crippen molar-refractivity contribution in [3.63, 3.8) is 0 Å². The van der Waals surface area contributed by atoms with Gasteiger partial charge in [0, 0.05) is 25.8 Å². The molecule has 3 aliphatic rings. The second-order valence-electron chi connectivity index (χ2n) is 11.6. The maximum atomic E-state index is 12.8. The molecule has 6 rings (SSSR count). The number of benzene rings is 2. The van der Waals surface area contributed by atoms with Crippen LogP contribution in [0, 0.1) is 18.3 Å². The van der Waals surface area contributed by atoms with Crippen LogP contribution in [0.3, 0.4) is 0 Å². The van der Waals surface area contributed by atoms with Crippen molar-refractivity contribution in [2.75, 3.05) is 45.4 Å². The first-order valence-electron chi connectivity index (χ1n) is 14.3. The van der Waals surface area contributed by atoms with Gasteiger partial charge < -0.3 is 24.4 Å². The van der Waals surface area contributed by atoms with Gasteiger partial charge in [0.2, 0.25) is 0 Å². The number of carbonyl (C=O) groups is 1. The van der Waals surface area contributed by atoms with Gasteiger partial charge in [-0.05, 0) is 78.6 Å². The van der Waals surface area contributed by atoms with Crippen molar-refractivity contribution in [1.29, 1.82) is 0 Å². The SMILES string of the molecule is COC[C@H]1N(c2cccc(-c3cccc(C)c3OCc3ccc4c(c3)[C@@H](C)CNCC4)n2)C[C@@H]2C[C@@]21C(=O)OC. The molecule has 1 aromatic heterocycles. The molecule has 0 radical (unpaired) electrons. The molecule has 2 fully saturated rings. The number of hydrogen-bond acceptors (Lipinski definition) is 7. The van der Waals surface area contributed by atoms with E-state index in [9.17, 15) is 4.79 Å². The first-order valence-corrected chi connectivity index (χ1v) is 14.3. The smallest absolute Gasteiger partial charge is 0.314 e. The van der Waals surface area contributed by atoms with E-state index in [0.717, 1.165) is 60.9 Å². The summed E-state index contributed by atoms with van der Waals surface area (Å²) in [6, 6.07) is 19.0. The highest BCUT2D eigenvalue weighted by Gasteiger charge is 2.71. The molecule has 0 bridgehead atoms. The van der Waals surface area contributed by atoms with E-state index < -0.39 is 5.41 Å². The molecule has 2 aliphatic heterocycles. The van der Waals surface area contributed by atoms with Crippen molar-refractivity contribution in [2.24, 2.45) is 11.3 Å². The molecular formula is C33H39N3O4. The molecule has 4 atom stereocenters. The molecule has 7 heteroatoms. The van der Waals surface area contributed by atoms with Crippen LogP contribution in [0.4, 0.5) is 5.82 Å². The van der Waals surface area contributed by atoms with E-state index in [1.165, 1.54) is 23.8 Å². The van der Waals surface area contributed by atoms with Crippen LogP contribution < -0.4 is 15.0 Å². The average Bonchev–Trinajstić information content (AvgIpc) is 3.66. The minimum absolute atomic E-state index is 0.100. The maximum absolute atomic E-state index is 12.8. The molecule has 1 N–H and O–H groups in total. The topological polar surface area (TPSA) is 72.9 Å². The third-order valence-electron chi connectivity index (χ3n) is 9.09. The molecule has 0 amide bonds. The number of piperidine rings is 1. The van der Waals surface area contributed by atoms with Crippen LogP contribution in [0.2, 0.25) is 0 Å². The molecule has 40 heavy (non-hydrogen) atoms. The van der Waals surface area contributed by atoms with Gasteiger partial charge in [-0.1, -0.05) is 43.3 Å². The van der Waals surface area contributed by atoms with Crippen LogP contribution in [-0.4, -0.2) is 57.5 Å². The number of aryl methyl sites for hydroxylation is 1.